The quantitative estimate of drug-likeness (QED) is 0.906. The van der Waals surface area contributed by atoms with Crippen LogP contribution in [-0.4, -0.2) is 23.7 Å². The fourth-order valence-corrected chi connectivity index (χ4v) is 2.19. The zero-order chi connectivity index (χ0) is 15.6. The van der Waals surface area contributed by atoms with Crippen molar-refractivity contribution >= 4 is 11.7 Å². The minimum atomic E-state index is -4.58. The average Bonchev–Trinajstić information content (AvgIpc) is 3.22. The summed E-state index contributed by atoms with van der Waals surface area (Å²) in [6, 6.07) is 4.78. The molecule has 0 unspecified atom stereocenters. The number of rotatable bonds is 5. The summed E-state index contributed by atoms with van der Waals surface area (Å²) < 4.78 is 38.1. The Bertz CT molecular complexity index is 589. The van der Waals surface area contributed by atoms with Gasteiger partial charge in [-0.25, -0.2) is 4.79 Å². The summed E-state index contributed by atoms with van der Waals surface area (Å²) in [4.78, 5) is 13.0. The van der Waals surface area contributed by atoms with E-state index in [0.29, 0.717) is 12.6 Å². The first-order chi connectivity index (χ1) is 9.84. The van der Waals surface area contributed by atoms with Gasteiger partial charge in [0.15, 0.2) is 0 Å². The predicted molar refractivity (Wildman–Crippen MR) is 69.0 cm³/mol. The Kier molecular flexibility index (Phi) is 4.07. The Labute approximate surface area is 119 Å². The number of halogens is 3. The summed E-state index contributed by atoms with van der Waals surface area (Å²) in [5.41, 5.74) is -1.12. The lowest BCUT2D eigenvalue weighted by molar-refractivity contribution is -0.137. The van der Waals surface area contributed by atoms with E-state index in [2.05, 4.69) is 0 Å². The summed E-state index contributed by atoms with van der Waals surface area (Å²) in [6.07, 6.45) is -2.69. The highest BCUT2D eigenvalue weighted by molar-refractivity contribution is 5.95. The van der Waals surface area contributed by atoms with Gasteiger partial charge in [0.1, 0.15) is 0 Å². The molecule has 7 heteroatoms. The van der Waals surface area contributed by atoms with Crippen molar-refractivity contribution in [2.45, 2.75) is 31.5 Å². The van der Waals surface area contributed by atoms with Crippen molar-refractivity contribution in [3.8, 4) is 6.07 Å². The zero-order valence-corrected chi connectivity index (χ0v) is 11.0. The Morgan fingerprint density at radius 2 is 2.10 bits per heavy atom. The SMILES string of the molecule is N#CCCN(c1ccc(C(F)(F)F)cc1C(=O)O)C1CC1. The normalized spacial score (nSPS) is 14.6. The number of anilines is 1. The number of nitriles is 1. The molecule has 4 nitrogen and oxygen atoms in total. The topological polar surface area (TPSA) is 64.3 Å². The lowest BCUT2D eigenvalue weighted by Gasteiger charge is -2.25. The smallest absolute Gasteiger partial charge is 0.416 e. The van der Waals surface area contributed by atoms with Crippen LogP contribution in [0.1, 0.15) is 35.2 Å². The summed E-state index contributed by atoms with van der Waals surface area (Å²) in [7, 11) is 0. The highest BCUT2D eigenvalue weighted by Gasteiger charge is 2.35. The number of carbonyl (C=O) groups is 1. The molecule has 21 heavy (non-hydrogen) atoms. The number of carboxylic acids is 1. The van der Waals surface area contributed by atoms with Gasteiger partial charge in [0.2, 0.25) is 0 Å². The molecular weight excluding hydrogens is 285 g/mol. The van der Waals surface area contributed by atoms with Crippen LogP contribution in [0.4, 0.5) is 18.9 Å². The van der Waals surface area contributed by atoms with E-state index < -0.39 is 17.7 Å². The molecular formula is C14H13F3N2O2. The Hall–Kier alpha value is -2.23. The van der Waals surface area contributed by atoms with Gasteiger partial charge < -0.3 is 10.0 Å². The first-order valence-corrected chi connectivity index (χ1v) is 6.42. The second kappa shape index (κ2) is 5.64. The van der Waals surface area contributed by atoms with E-state index in [9.17, 15) is 23.1 Å². The number of aromatic carboxylic acids is 1. The van der Waals surface area contributed by atoms with E-state index in [1.807, 2.05) is 6.07 Å². The first-order valence-electron chi connectivity index (χ1n) is 6.42. The zero-order valence-electron chi connectivity index (χ0n) is 11.0. The van der Waals surface area contributed by atoms with Gasteiger partial charge in [-0.2, -0.15) is 18.4 Å². The number of alkyl halides is 3. The number of carboxylic acid groups (broad SMARTS) is 1. The van der Waals surface area contributed by atoms with E-state index in [1.165, 1.54) is 6.07 Å². The van der Waals surface area contributed by atoms with Crippen molar-refractivity contribution in [3.63, 3.8) is 0 Å². The molecule has 1 N–H and O–H groups in total. The van der Waals surface area contributed by atoms with Gasteiger partial charge >= 0.3 is 12.1 Å². The van der Waals surface area contributed by atoms with Crippen LogP contribution in [0.3, 0.4) is 0 Å². The van der Waals surface area contributed by atoms with Gasteiger partial charge in [0, 0.05) is 12.6 Å². The molecule has 2 rings (SSSR count). The molecule has 1 fully saturated rings. The van der Waals surface area contributed by atoms with E-state index in [-0.39, 0.29) is 23.7 Å². The Morgan fingerprint density at radius 1 is 1.43 bits per heavy atom. The third kappa shape index (κ3) is 3.45. The third-order valence-corrected chi connectivity index (χ3v) is 3.32. The van der Waals surface area contributed by atoms with Crippen LogP contribution in [0.15, 0.2) is 18.2 Å². The minimum absolute atomic E-state index is 0.105. The molecule has 0 aliphatic heterocycles. The molecule has 1 saturated carbocycles. The van der Waals surface area contributed by atoms with Gasteiger partial charge in [0.25, 0.3) is 0 Å². The lowest BCUT2D eigenvalue weighted by Crippen LogP contribution is -2.28. The van der Waals surface area contributed by atoms with Gasteiger partial charge in [-0.3, -0.25) is 0 Å². The maximum Gasteiger partial charge on any atom is 0.416 e. The monoisotopic (exact) mass is 298 g/mol. The minimum Gasteiger partial charge on any atom is -0.478 e. The second-order valence-electron chi connectivity index (χ2n) is 4.87. The van der Waals surface area contributed by atoms with Crippen molar-refractivity contribution in [3.05, 3.63) is 29.3 Å². The molecule has 0 amide bonds. The van der Waals surface area contributed by atoms with Crippen LogP contribution in [0.25, 0.3) is 0 Å². The first kappa shape index (κ1) is 15.2. The number of nitrogens with zero attached hydrogens (tertiary/aromatic N) is 2. The van der Waals surface area contributed by atoms with Crippen LogP contribution in [0.2, 0.25) is 0 Å². The van der Waals surface area contributed by atoms with Crippen LogP contribution in [0.5, 0.6) is 0 Å². The van der Waals surface area contributed by atoms with Crippen molar-refractivity contribution in [1.82, 2.24) is 0 Å². The molecule has 1 aliphatic rings. The predicted octanol–water partition coefficient (Wildman–Crippen LogP) is 3.29. The summed E-state index contributed by atoms with van der Waals surface area (Å²) in [5.74, 6) is -1.40. The molecule has 0 saturated heterocycles. The van der Waals surface area contributed by atoms with Crippen molar-refractivity contribution < 1.29 is 23.1 Å². The largest absolute Gasteiger partial charge is 0.478 e. The van der Waals surface area contributed by atoms with Gasteiger partial charge in [0.05, 0.1) is 29.3 Å². The summed E-state index contributed by atoms with van der Waals surface area (Å²) in [6.45, 7) is 0.312. The standard InChI is InChI=1S/C14H13F3N2O2/c15-14(16,17)9-2-5-12(11(8-9)13(20)21)19(7-1-6-18)10-3-4-10/h2,5,8,10H,1,3-4,7H2,(H,20,21). The fourth-order valence-electron chi connectivity index (χ4n) is 2.19. The molecule has 0 spiro atoms. The highest BCUT2D eigenvalue weighted by atomic mass is 19.4. The molecule has 0 bridgehead atoms. The average molecular weight is 298 g/mol. The van der Waals surface area contributed by atoms with E-state index in [1.54, 1.807) is 4.90 Å². The van der Waals surface area contributed by atoms with Gasteiger partial charge in [-0.05, 0) is 31.0 Å². The molecule has 0 radical (unpaired) electrons. The van der Waals surface area contributed by atoms with Gasteiger partial charge in [-0.15, -0.1) is 0 Å². The van der Waals surface area contributed by atoms with Crippen LogP contribution in [-0.2, 0) is 6.18 Å². The van der Waals surface area contributed by atoms with Crippen LogP contribution >= 0.6 is 0 Å². The fraction of sp³-hybridized carbons (Fsp3) is 0.429. The van der Waals surface area contributed by atoms with Crippen LogP contribution < -0.4 is 4.90 Å². The summed E-state index contributed by atoms with van der Waals surface area (Å²) in [5, 5.41) is 17.8. The molecule has 0 atom stereocenters. The molecule has 1 aromatic rings. The van der Waals surface area contributed by atoms with Gasteiger partial charge in [-0.1, -0.05) is 0 Å². The number of hydrogen-bond acceptors (Lipinski definition) is 3. The number of benzene rings is 1. The Balaban J connectivity index is 2.42. The third-order valence-electron chi connectivity index (χ3n) is 3.32. The molecule has 0 aromatic heterocycles. The highest BCUT2D eigenvalue weighted by Crippen LogP contribution is 2.37. The maximum absolute atomic E-state index is 12.7. The van der Waals surface area contributed by atoms with E-state index in [4.69, 9.17) is 5.26 Å². The van der Waals surface area contributed by atoms with E-state index >= 15 is 0 Å². The Morgan fingerprint density at radius 3 is 2.57 bits per heavy atom. The molecule has 0 heterocycles. The molecule has 112 valence electrons. The van der Waals surface area contributed by atoms with E-state index in [0.717, 1.165) is 18.9 Å². The van der Waals surface area contributed by atoms with Crippen LogP contribution in [0, 0.1) is 11.3 Å². The number of hydrogen-bond donors (Lipinski definition) is 1. The van der Waals surface area contributed by atoms with Crippen molar-refractivity contribution in [2.75, 3.05) is 11.4 Å². The molecule has 1 aliphatic carbocycles. The second-order valence-corrected chi connectivity index (χ2v) is 4.87. The summed E-state index contributed by atoms with van der Waals surface area (Å²) >= 11 is 0. The van der Waals surface area contributed by atoms with Crippen molar-refractivity contribution in [2.24, 2.45) is 0 Å². The lowest BCUT2D eigenvalue weighted by atomic mass is 10.1. The maximum atomic E-state index is 12.7. The molecule has 1 aromatic carbocycles. The van der Waals surface area contributed by atoms with Crippen molar-refractivity contribution in [1.29, 1.82) is 5.26 Å².